The molecule has 0 unspecified atom stereocenters. The normalized spacial score (nSPS) is 10.5. The van der Waals surface area contributed by atoms with Crippen molar-refractivity contribution in [2.75, 3.05) is 7.11 Å². The van der Waals surface area contributed by atoms with Gasteiger partial charge in [0.1, 0.15) is 17.4 Å². The smallest absolute Gasteiger partial charge is 0.417 e. The molecule has 0 spiro atoms. The van der Waals surface area contributed by atoms with Crippen LogP contribution in [0, 0.1) is 22.7 Å². The summed E-state index contributed by atoms with van der Waals surface area (Å²) < 4.78 is 42.6. The molecule has 0 N–H and O–H groups in total. The molecule has 0 radical (unpaired) electrons. The van der Waals surface area contributed by atoms with Crippen molar-refractivity contribution < 1.29 is 17.9 Å². The summed E-state index contributed by atoms with van der Waals surface area (Å²) in [5, 5.41) is 17.3. The number of halogens is 3. The summed E-state index contributed by atoms with van der Waals surface area (Å²) in [6, 6.07) is 5.19. The van der Waals surface area contributed by atoms with Crippen molar-refractivity contribution in [2.24, 2.45) is 0 Å². The zero-order valence-corrected chi connectivity index (χ0v) is 8.80. The van der Waals surface area contributed by atoms with Gasteiger partial charge in [0.2, 0.25) is 0 Å². The van der Waals surface area contributed by atoms with E-state index in [4.69, 9.17) is 15.3 Å². The molecule has 0 amide bonds. The predicted octanol–water partition coefficient (Wildman–Crippen LogP) is 2.65. The molecule has 3 nitrogen and oxygen atoms in total. The van der Waals surface area contributed by atoms with E-state index in [9.17, 15) is 13.2 Å². The summed E-state index contributed by atoms with van der Waals surface area (Å²) in [6.45, 7) is 0. The minimum Gasteiger partial charge on any atom is -0.495 e. The van der Waals surface area contributed by atoms with Crippen molar-refractivity contribution in [1.29, 1.82) is 10.5 Å². The lowest BCUT2D eigenvalue weighted by Crippen LogP contribution is -2.10. The highest BCUT2D eigenvalue weighted by Crippen LogP contribution is 2.37. The van der Waals surface area contributed by atoms with Crippen LogP contribution in [0.15, 0.2) is 12.1 Å². The summed E-state index contributed by atoms with van der Waals surface area (Å²) in [5.74, 6) is -0.191. The molecule has 0 aliphatic rings. The molecule has 1 rings (SSSR count). The van der Waals surface area contributed by atoms with Crippen LogP contribution < -0.4 is 4.74 Å². The van der Waals surface area contributed by atoms with Gasteiger partial charge in [0.15, 0.2) is 0 Å². The van der Waals surface area contributed by atoms with Gasteiger partial charge in [-0.15, -0.1) is 0 Å². The Hall–Kier alpha value is -2.21. The Bertz CT molecular complexity index is 509. The third-order valence-corrected chi connectivity index (χ3v) is 2.13. The van der Waals surface area contributed by atoms with Crippen LogP contribution in [-0.4, -0.2) is 7.11 Å². The number of nitriles is 2. The van der Waals surface area contributed by atoms with Crippen molar-refractivity contribution in [3.8, 4) is 17.9 Å². The molecule has 0 aliphatic heterocycles. The monoisotopic (exact) mass is 240 g/mol. The first-order valence-corrected chi connectivity index (χ1v) is 4.49. The number of hydrogen-bond donors (Lipinski definition) is 0. The second-order valence-corrected chi connectivity index (χ2v) is 3.12. The lowest BCUT2D eigenvalue weighted by Gasteiger charge is -2.13. The largest absolute Gasteiger partial charge is 0.495 e. The lowest BCUT2D eigenvalue weighted by atomic mass is 10.0. The number of methoxy groups -OCH3 is 1. The van der Waals surface area contributed by atoms with Crippen molar-refractivity contribution in [1.82, 2.24) is 0 Å². The topological polar surface area (TPSA) is 56.8 Å². The predicted molar refractivity (Wildman–Crippen MR) is 52.0 cm³/mol. The fraction of sp³-hybridized carbons (Fsp3) is 0.273. The molecule has 0 aromatic heterocycles. The molecular weight excluding hydrogens is 233 g/mol. The second kappa shape index (κ2) is 4.75. The highest BCUT2D eigenvalue weighted by Gasteiger charge is 2.35. The van der Waals surface area contributed by atoms with Crippen LogP contribution in [0.1, 0.15) is 16.7 Å². The highest BCUT2D eigenvalue weighted by atomic mass is 19.4. The Morgan fingerprint density at radius 1 is 1.29 bits per heavy atom. The number of benzene rings is 1. The maximum Gasteiger partial charge on any atom is 0.417 e. The number of nitrogens with zero attached hydrogens (tertiary/aromatic N) is 2. The standard InChI is InChI=1S/C11H7F3N2O/c1-17-10-7(4-5-15)2-3-9(8(10)6-16)11(12,13)14/h2-3H,4H2,1H3. The van der Waals surface area contributed by atoms with Crippen molar-refractivity contribution in [3.05, 3.63) is 28.8 Å². The van der Waals surface area contributed by atoms with E-state index in [0.29, 0.717) is 0 Å². The van der Waals surface area contributed by atoms with Gasteiger partial charge in [-0.1, -0.05) is 6.07 Å². The molecule has 88 valence electrons. The minimum absolute atomic E-state index is 0.115. The van der Waals surface area contributed by atoms with Crippen LogP contribution in [0.3, 0.4) is 0 Å². The van der Waals surface area contributed by atoms with Gasteiger partial charge in [0.25, 0.3) is 0 Å². The van der Waals surface area contributed by atoms with E-state index in [1.165, 1.54) is 6.07 Å². The van der Waals surface area contributed by atoms with Crippen molar-refractivity contribution in [3.63, 3.8) is 0 Å². The maximum absolute atomic E-state index is 12.6. The molecule has 0 bridgehead atoms. The van der Waals surface area contributed by atoms with E-state index < -0.39 is 17.3 Å². The summed E-state index contributed by atoms with van der Waals surface area (Å²) in [6.07, 6.45) is -4.74. The Balaban J connectivity index is 3.51. The third-order valence-electron chi connectivity index (χ3n) is 2.13. The van der Waals surface area contributed by atoms with Gasteiger partial charge in [0.05, 0.1) is 25.2 Å². The van der Waals surface area contributed by atoms with Crippen LogP contribution in [0.25, 0.3) is 0 Å². The molecule has 0 fully saturated rings. The third kappa shape index (κ3) is 2.48. The number of alkyl halides is 3. The fourth-order valence-electron chi connectivity index (χ4n) is 1.43. The molecule has 6 heteroatoms. The van der Waals surface area contributed by atoms with E-state index in [0.717, 1.165) is 19.2 Å². The van der Waals surface area contributed by atoms with Gasteiger partial charge >= 0.3 is 6.18 Å². The van der Waals surface area contributed by atoms with Gasteiger partial charge in [-0.05, 0) is 6.07 Å². The lowest BCUT2D eigenvalue weighted by molar-refractivity contribution is -0.137. The fourth-order valence-corrected chi connectivity index (χ4v) is 1.43. The number of rotatable bonds is 2. The van der Waals surface area contributed by atoms with E-state index in [1.807, 2.05) is 0 Å². The first kappa shape index (κ1) is 12.9. The quantitative estimate of drug-likeness (QED) is 0.798. The first-order chi connectivity index (χ1) is 7.95. The summed E-state index contributed by atoms with van der Waals surface area (Å²) in [4.78, 5) is 0. The molecule has 0 saturated carbocycles. The molecule has 0 heterocycles. The zero-order chi connectivity index (χ0) is 13.1. The van der Waals surface area contributed by atoms with Gasteiger partial charge in [-0.3, -0.25) is 0 Å². The van der Waals surface area contributed by atoms with E-state index >= 15 is 0 Å². The molecule has 1 aromatic rings. The van der Waals surface area contributed by atoms with Crippen LogP contribution >= 0.6 is 0 Å². The van der Waals surface area contributed by atoms with Crippen LogP contribution in [0.5, 0.6) is 5.75 Å². The second-order valence-electron chi connectivity index (χ2n) is 3.12. The minimum atomic E-state index is -4.62. The number of hydrogen-bond acceptors (Lipinski definition) is 3. The summed E-state index contributed by atoms with van der Waals surface area (Å²) >= 11 is 0. The van der Waals surface area contributed by atoms with Gasteiger partial charge in [0, 0.05) is 5.56 Å². The van der Waals surface area contributed by atoms with Crippen LogP contribution in [0.2, 0.25) is 0 Å². The zero-order valence-electron chi connectivity index (χ0n) is 8.80. The molecule has 0 saturated heterocycles. The number of ether oxygens (including phenoxy) is 1. The molecule has 0 atom stereocenters. The van der Waals surface area contributed by atoms with Crippen molar-refractivity contribution >= 4 is 0 Å². The van der Waals surface area contributed by atoms with Crippen molar-refractivity contribution in [2.45, 2.75) is 12.6 Å². The molecule has 1 aromatic carbocycles. The summed E-state index contributed by atoms with van der Waals surface area (Å²) in [5.41, 5.74) is -1.38. The van der Waals surface area contributed by atoms with Crippen LogP contribution in [0.4, 0.5) is 13.2 Å². The molecule has 17 heavy (non-hydrogen) atoms. The first-order valence-electron chi connectivity index (χ1n) is 4.49. The molecule has 0 aliphatic carbocycles. The average Bonchev–Trinajstić information content (AvgIpc) is 2.27. The SMILES string of the molecule is COc1c(CC#N)ccc(C(F)(F)F)c1C#N. The Morgan fingerprint density at radius 3 is 2.35 bits per heavy atom. The van der Waals surface area contributed by atoms with E-state index in [1.54, 1.807) is 6.07 Å². The van der Waals surface area contributed by atoms with E-state index in [2.05, 4.69) is 0 Å². The Morgan fingerprint density at radius 2 is 1.94 bits per heavy atom. The average molecular weight is 240 g/mol. The van der Waals surface area contributed by atoms with Gasteiger partial charge in [-0.2, -0.15) is 23.7 Å². The Labute approximate surface area is 95.7 Å². The van der Waals surface area contributed by atoms with Crippen LogP contribution in [-0.2, 0) is 12.6 Å². The maximum atomic E-state index is 12.6. The molecular formula is C11H7F3N2O. The van der Waals surface area contributed by atoms with E-state index in [-0.39, 0.29) is 17.7 Å². The summed E-state index contributed by atoms with van der Waals surface area (Å²) in [7, 11) is 1.16. The Kier molecular flexibility index (Phi) is 3.59. The van der Waals surface area contributed by atoms with Gasteiger partial charge in [-0.25, -0.2) is 0 Å². The van der Waals surface area contributed by atoms with Gasteiger partial charge < -0.3 is 4.74 Å². The highest BCUT2D eigenvalue weighted by molar-refractivity contribution is 5.55.